The summed E-state index contributed by atoms with van der Waals surface area (Å²) in [5.74, 6) is -0.368. The van der Waals surface area contributed by atoms with E-state index in [2.05, 4.69) is 10.4 Å². The van der Waals surface area contributed by atoms with Gasteiger partial charge in [0.05, 0.1) is 12.1 Å². The van der Waals surface area contributed by atoms with Gasteiger partial charge < -0.3 is 15.4 Å². The molecule has 0 spiro atoms. The summed E-state index contributed by atoms with van der Waals surface area (Å²) in [4.78, 5) is 25.8. The predicted molar refractivity (Wildman–Crippen MR) is 89.2 cm³/mol. The van der Waals surface area contributed by atoms with Gasteiger partial charge in [0.25, 0.3) is 6.43 Å². The zero-order valence-electron chi connectivity index (χ0n) is 13.8. The Kier molecular flexibility index (Phi) is 5.55. The topological polar surface area (TPSA) is 102 Å². The third-order valence-corrected chi connectivity index (χ3v) is 4.70. The van der Waals surface area contributed by atoms with Crippen molar-refractivity contribution >= 4 is 35.0 Å². The normalized spacial score (nSPS) is 16.6. The third-order valence-electron chi connectivity index (χ3n) is 4.31. The van der Waals surface area contributed by atoms with E-state index in [0.29, 0.717) is 0 Å². The SMILES string of the molecule is COC(=O)C1(C(N)=S)CCN(C(=O)Nc2cc(C(F)F)nn2C)CC1. The number of alkyl halides is 2. The maximum Gasteiger partial charge on any atom is 0.323 e. The number of ether oxygens (including phenoxy) is 1. The molecule has 0 unspecified atom stereocenters. The number of hydrogen-bond donors (Lipinski definition) is 2. The first-order valence-electron chi connectivity index (χ1n) is 7.47. The van der Waals surface area contributed by atoms with E-state index >= 15 is 0 Å². The number of hydrogen-bond acceptors (Lipinski definition) is 5. The molecule has 0 aromatic carbocycles. The molecule has 11 heteroatoms. The highest BCUT2D eigenvalue weighted by Crippen LogP contribution is 2.33. The van der Waals surface area contributed by atoms with Crippen LogP contribution in [0.25, 0.3) is 0 Å². The number of piperidine rings is 1. The van der Waals surface area contributed by atoms with Crippen LogP contribution in [0, 0.1) is 5.41 Å². The molecule has 1 fully saturated rings. The number of nitrogens with two attached hydrogens (primary N) is 1. The molecule has 2 amide bonds. The molecule has 1 aliphatic heterocycles. The van der Waals surface area contributed by atoms with Crippen molar-refractivity contribution < 1.29 is 23.1 Å². The number of urea groups is 1. The van der Waals surface area contributed by atoms with Gasteiger partial charge in [-0.25, -0.2) is 13.6 Å². The van der Waals surface area contributed by atoms with E-state index in [9.17, 15) is 18.4 Å². The molecule has 1 aliphatic rings. The van der Waals surface area contributed by atoms with Crippen LogP contribution in [0.1, 0.15) is 25.0 Å². The maximum atomic E-state index is 12.7. The molecule has 1 aromatic rings. The lowest BCUT2D eigenvalue weighted by Gasteiger charge is -2.38. The summed E-state index contributed by atoms with van der Waals surface area (Å²) in [5.41, 5.74) is 4.19. The molecule has 2 heterocycles. The fourth-order valence-electron chi connectivity index (χ4n) is 2.74. The molecule has 1 saturated heterocycles. The van der Waals surface area contributed by atoms with Gasteiger partial charge >= 0.3 is 12.0 Å². The van der Waals surface area contributed by atoms with Crippen molar-refractivity contribution in [3.63, 3.8) is 0 Å². The van der Waals surface area contributed by atoms with Crippen molar-refractivity contribution in [3.05, 3.63) is 11.8 Å². The Hall–Kier alpha value is -2.30. The molecule has 138 valence electrons. The number of aromatic nitrogens is 2. The number of nitrogens with zero attached hydrogens (tertiary/aromatic N) is 3. The molecule has 0 radical (unpaired) electrons. The van der Waals surface area contributed by atoms with Crippen molar-refractivity contribution in [2.45, 2.75) is 19.3 Å². The highest BCUT2D eigenvalue weighted by atomic mass is 32.1. The Morgan fingerprint density at radius 1 is 1.44 bits per heavy atom. The van der Waals surface area contributed by atoms with Crippen LogP contribution in [0.3, 0.4) is 0 Å². The molecular weight excluding hydrogens is 356 g/mol. The Bertz CT molecular complexity index is 686. The van der Waals surface area contributed by atoms with Gasteiger partial charge in [-0.05, 0) is 12.8 Å². The number of carbonyl (C=O) groups excluding carboxylic acids is 2. The van der Waals surface area contributed by atoms with Crippen molar-refractivity contribution in [1.29, 1.82) is 0 Å². The van der Waals surface area contributed by atoms with Crippen LogP contribution in [-0.4, -0.2) is 51.9 Å². The van der Waals surface area contributed by atoms with Crippen molar-refractivity contribution in [2.75, 3.05) is 25.5 Å². The average molecular weight is 375 g/mol. The first-order valence-corrected chi connectivity index (χ1v) is 7.88. The van der Waals surface area contributed by atoms with Gasteiger partial charge in [0.2, 0.25) is 0 Å². The summed E-state index contributed by atoms with van der Waals surface area (Å²) >= 11 is 5.00. The Morgan fingerprint density at radius 3 is 2.48 bits per heavy atom. The fraction of sp³-hybridized carbons (Fsp3) is 0.571. The van der Waals surface area contributed by atoms with Crippen molar-refractivity contribution in [1.82, 2.24) is 14.7 Å². The van der Waals surface area contributed by atoms with Crippen LogP contribution in [0.5, 0.6) is 0 Å². The molecule has 2 rings (SSSR count). The zero-order chi connectivity index (χ0) is 18.8. The zero-order valence-corrected chi connectivity index (χ0v) is 14.6. The second-order valence-corrected chi connectivity index (χ2v) is 6.17. The van der Waals surface area contributed by atoms with E-state index in [1.54, 1.807) is 0 Å². The van der Waals surface area contributed by atoms with E-state index in [0.717, 1.165) is 10.7 Å². The minimum Gasteiger partial charge on any atom is -0.468 e. The van der Waals surface area contributed by atoms with Gasteiger partial charge in [0, 0.05) is 26.2 Å². The fourth-order valence-corrected chi connectivity index (χ4v) is 3.03. The van der Waals surface area contributed by atoms with Gasteiger partial charge in [0.1, 0.15) is 16.9 Å². The molecule has 3 N–H and O–H groups in total. The van der Waals surface area contributed by atoms with Crippen LogP contribution in [0.4, 0.5) is 19.4 Å². The minimum absolute atomic E-state index is 0.0348. The first-order chi connectivity index (χ1) is 11.7. The third kappa shape index (κ3) is 3.70. The number of esters is 1. The molecule has 0 bridgehead atoms. The van der Waals surface area contributed by atoms with E-state index < -0.39 is 29.5 Å². The maximum absolute atomic E-state index is 12.7. The second kappa shape index (κ2) is 7.30. The van der Waals surface area contributed by atoms with Crippen LogP contribution in [-0.2, 0) is 16.6 Å². The highest BCUT2D eigenvalue weighted by molar-refractivity contribution is 7.80. The van der Waals surface area contributed by atoms with E-state index in [-0.39, 0.29) is 36.7 Å². The van der Waals surface area contributed by atoms with Gasteiger partial charge in [-0.1, -0.05) is 12.2 Å². The summed E-state index contributed by atoms with van der Waals surface area (Å²) < 4.78 is 31.3. The summed E-state index contributed by atoms with van der Waals surface area (Å²) in [6.45, 7) is 0.440. The van der Waals surface area contributed by atoms with Gasteiger partial charge in [-0.2, -0.15) is 5.10 Å². The number of amides is 2. The van der Waals surface area contributed by atoms with Crippen LogP contribution >= 0.6 is 12.2 Å². The lowest BCUT2D eigenvalue weighted by atomic mass is 9.78. The highest BCUT2D eigenvalue weighted by Gasteiger charge is 2.46. The van der Waals surface area contributed by atoms with Gasteiger partial charge in [-0.15, -0.1) is 0 Å². The number of thiocarbonyl (C=S) groups is 1. The van der Waals surface area contributed by atoms with E-state index in [1.807, 2.05) is 0 Å². The second-order valence-electron chi connectivity index (χ2n) is 5.73. The summed E-state index contributed by atoms with van der Waals surface area (Å²) in [5, 5.41) is 6.16. The van der Waals surface area contributed by atoms with Gasteiger partial charge in [-0.3, -0.25) is 14.8 Å². The minimum atomic E-state index is -2.72. The summed E-state index contributed by atoms with van der Waals surface area (Å²) in [7, 11) is 2.71. The molecular formula is C14H19F2N5O3S. The molecule has 25 heavy (non-hydrogen) atoms. The number of likely N-dealkylation sites (tertiary alicyclic amines) is 1. The number of carbonyl (C=O) groups is 2. The number of anilines is 1. The number of methoxy groups -OCH3 is 1. The monoisotopic (exact) mass is 375 g/mol. The largest absolute Gasteiger partial charge is 0.468 e. The van der Waals surface area contributed by atoms with Crippen LogP contribution in [0.15, 0.2) is 6.07 Å². The lowest BCUT2D eigenvalue weighted by molar-refractivity contribution is -0.150. The molecule has 0 saturated carbocycles. The Labute approximate surface area is 148 Å². The van der Waals surface area contributed by atoms with E-state index in [4.69, 9.17) is 22.7 Å². The number of aryl methyl sites for hydroxylation is 1. The number of rotatable bonds is 4. The predicted octanol–water partition coefficient (Wildman–Crippen LogP) is 1.43. The van der Waals surface area contributed by atoms with Crippen molar-refractivity contribution in [3.8, 4) is 0 Å². The Morgan fingerprint density at radius 2 is 2.04 bits per heavy atom. The summed E-state index contributed by atoms with van der Waals surface area (Å²) in [6, 6.07) is 0.630. The quantitative estimate of drug-likeness (QED) is 0.610. The van der Waals surface area contributed by atoms with Crippen LogP contribution < -0.4 is 11.1 Å². The van der Waals surface area contributed by atoms with Gasteiger partial charge in [0.15, 0.2) is 0 Å². The first kappa shape index (κ1) is 19.0. The number of halogens is 2. The smallest absolute Gasteiger partial charge is 0.323 e. The Balaban J connectivity index is 2.04. The summed E-state index contributed by atoms with van der Waals surface area (Å²) in [6.07, 6.45) is -2.26. The standard InChI is InChI=1S/C14H19F2N5O3S/c1-20-9(7-8(19-20)10(15)16)18-13(23)21-5-3-14(4-6-21,11(17)25)12(22)24-2/h7,10H,3-6H2,1-2H3,(H2,17,25)(H,18,23). The molecule has 0 atom stereocenters. The molecule has 1 aromatic heterocycles. The molecule has 0 aliphatic carbocycles. The van der Waals surface area contributed by atoms with Crippen LogP contribution in [0.2, 0.25) is 0 Å². The van der Waals surface area contributed by atoms with E-state index in [1.165, 1.54) is 19.1 Å². The number of nitrogens with one attached hydrogen (secondary N) is 1. The molecule has 8 nitrogen and oxygen atoms in total. The average Bonchev–Trinajstić information content (AvgIpc) is 2.95. The lowest BCUT2D eigenvalue weighted by Crippen LogP contribution is -2.53. The van der Waals surface area contributed by atoms with Crippen molar-refractivity contribution in [2.24, 2.45) is 18.2 Å².